The molecule has 0 amide bonds. The molecular formula is C17H15F3N4O. The highest BCUT2D eigenvalue weighted by molar-refractivity contribution is 5.60. The molecule has 2 aromatic heterocycles. The molecule has 0 unspecified atom stereocenters. The molecule has 2 heterocycles. The summed E-state index contributed by atoms with van der Waals surface area (Å²) >= 11 is 0. The molecule has 0 bridgehead atoms. The number of halogens is 3. The van der Waals surface area contributed by atoms with Crippen LogP contribution in [0.25, 0.3) is 0 Å². The summed E-state index contributed by atoms with van der Waals surface area (Å²) < 4.78 is 44.5. The number of aryl methyl sites for hydroxylation is 1. The van der Waals surface area contributed by atoms with Crippen LogP contribution in [0.1, 0.15) is 17.0 Å². The molecule has 3 aromatic rings. The molecule has 0 aliphatic heterocycles. The first-order valence-electron chi connectivity index (χ1n) is 7.47. The number of hydrogen-bond acceptors (Lipinski definition) is 5. The van der Waals surface area contributed by atoms with E-state index in [1.54, 1.807) is 31.4 Å². The minimum absolute atomic E-state index is 0.0821. The first-order valence-corrected chi connectivity index (χ1v) is 7.47. The molecule has 0 fully saturated rings. The number of para-hydroxylation sites is 1. The summed E-state index contributed by atoms with van der Waals surface area (Å²) in [5.41, 5.74) is -0.258. The summed E-state index contributed by atoms with van der Waals surface area (Å²) in [4.78, 5) is 8.35. The lowest BCUT2D eigenvalue weighted by Crippen LogP contribution is -2.10. The Bertz CT molecular complexity index is 847. The predicted molar refractivity (Wildman–Crippen MR) is 87.5 cm³/mol. The Morgan fingerprint density at radius 3 is 2.60 bits per heavy atom. The van der Waals surface area contributed by atoms with Gasteiger partial charge in [0, 0.05) is 11.8 Å². The molecule has 0 aliphatic carbocycles. The van der Waals surface area contributed by atoms with Gasteiger partial charge in [-0.25, -0.2) is 4.98 Å². The topological polar surface area (TPSA) is 63.0 Å². The van der Waals surface area contributed by atoms with Gasteiger partial charge in [0.05, 0.1) is 24.1 Å². The second-order valence-corrected chi connectivity index (χ2v) is 5.32. The monoisotopic (exact) mass is 348 g/mol. The first kappa shape index (κ1) is 16.8. The zero-order valence-corrected chi connectivity index (χ0v) is 13.3. The molecule has 3 rings (SSSR count). The highest BCUT2D eigenvalue weighted by Gasteiger charge is 2.33. The van der Waals surface area contributed by atoms with Crippen molar-refractivity contribution in [3.8, 4) is 0 Å². The van der Waals surface area contributed by atoms with Crippen LogP contribution in [0.5, 0.6) is 0 Å². The van der Waals surface area contributed by atoms with Gasteiger partial charge >= 0.3 is 6.18 Å². The summed E-state index contributed by atoms with van der Waals surface area (Å²) in [6.07, 6.45) is -2.91. The molecule has 130 valence electrons. The van der Waals surface area contributed by atoms with Gasteiger partial charge in [0.25, 0.3) is 0 Å². The number of anilines is 3. The predicted octanol–water partition coefficient (Wildman–Crippen LogP) is 4.75. The molecule has 0 saturated heterocycles. The Balaban J connectivity index is 1.81. The van der Waals surface area contributed by atoms with Gasteiger partial charge in [-0.2, -0.15) is 18.2 Å². The van der Waals surface area contributed by atoms with Crippen molar-refractivity contribution in [2.75, 3.05) is 10.6 Å². The normalized spacial score (nSPS) is 11.4. The molecule has 0 spiro atoms. The van der Waals surface area contributed by atoms with Crippen molar-refractivity contribution in [2.24, 2.45) is 0 Å². The maximum Gasteiger partial charge on any atom is 0.418 e. The number of rotatable bonds is 5. The van der Waals surface area contributed by atoms with Gasteiger partial charge in [0.15, 0.2) is 0 Å². The van der Waals surface area contributed by atoms with Crippen molar-refractivity contribution >= 4 is 17.5 Å². The van der Waals surface area contributed by atoms with Crippen LogP contribution in [0.2, 0.25) is 0 Å². The average molecular weight is 348 g/mol. The SMILES string of the molecule is Cc1cc(NCc2ccco2)nc(Nc2ccccc2C(F)(F)F)n1. The number of benzene rings is 1. The molecule has 25 heavy (non-hydrogen) atoms. The van der Waals surface area contributed by atoms with Crippen LogP contribution >= 0.6 is 0 Å². The summed E-state index contributed by atoms with van der Waals surface area (Å²) in [5, 5.41) is 5.70. The van der Waals surface area contributed by atoms with Crippen LogP contribution in [0.4, 0.5) is 30.6 Å². The number of alkyl halides is 3. The van der Waals surface area contributed by atoms with Gasteiger partial charge in [-0.3, -0.25) is 0 Å². The summed E-state index contributed by atoms with van der Waals surface area (Å²) in [5.74, 6) is 1.28. The Labute approximate surface area is 141 Å². The fraction of sp³-hybridized carbons (Fsp3) is 0.176. The first-order chi connectivity index (χ1) is 11.9. The lowest BCUT2D eigenvalue weighted by molar-refractivity contribution is -0.136. The third-order valence-corrected chi connectivity index (χ3v) is 3.36. The summed E-state index contributed by atoms with van der Waals surface area (Å²) in [6.45, 7) is 2.14. The summed E-state index contributed by atoms with van der Waals surface area (Å²) in [6, 6.07) is 10.5. The standard InChI is InChI=1S/C17H15F3N4O/c1-11-9-15(21-10-12-5-4-8-25-12)24-16(22-11)23-14-7-3-2-6-13(14)17(18,19)20/h2-9H,10H2,1H3,(H2,21,22,23,24). The van der Waals surface area contributed by atoms with Crippen molar-refractivity contribution in [1.29, 1.82) is 0 Å². The van der Waals surface area contributed by atoms with Gasteiger partial charge in [-0.1, -0.05) is 12.1 Å². The Morgan fingerprint density at radius 2 is 1.88 bits per heavy atom. The molecule has 5 nitrogen and oxygen atoms in total. The molecular weight excluding hydrogens is 333 g/mol. The maximum atomic E-state index is 13.1. The molecule has 0 aliphatic rings. The zero-order valence-electron chi connectivity index (χ0n) is 13.3. The van der Waals surface area contributed by atoms with Crippen LogP contribution in [0.15, 0.2) is 53.1 Å². The highest BCUT2D eigenvalue weighted by Crippen LogP contribution is 2.35. The largest absolute Gasteiger partial charge is 0.467 e. The Morgan fingerprint density at radius 1 is 1.08 bits per heavy atom. The fourth-order valence-electron chi connectivity index (χ4n) is 2.27. The second-order valence-electron chi connectivity index (χ2n) is 5.32. The number of nitrogens with zero attached hydrogens (tertiary/aromatic N) is 2. The van der Waals surface area contributed by atoms with E-state index in [0.29, 0.717) is 23.8 Å². The number of nitrogens with one attached hydrogen (secondary N) is 2. The van der Waals surface area contributed by atoms with Crippen LogP contribution in [0, 0.1) is 6.92 Å². The smallest absolute Gasteiger partial charge is 0.418 e. The molecule has 0 radical (unpaired) electrons. The van der Waals surface area contributed by atoms with Gasteiger partial charge in [0.1, 0.15) is 11.6 Å². The second kappa shape index (κ2) is 6.84. The lowest BCUT2D eigenvalue weighted by Gasteiger charge is -2.14. The van der Waals surface area contributed by atoms with Gasteiger partial charge in [-0.15, -0.1) is 0 Å². The van der Waals surface area contributed by atoms with Gasteiger partial charge in [-0.05, 0) is 31.2 Å². The lowest BCUT2D eigenvalue weighted by atomic mass is 10.1. The molecule has 0 saturated carbocycles. The number of hydrogen-bond donors (Lipinski definition) is 2. The van der Waals surface area contributed by atoms with E-state index in [-0.39, 0.29) is 11.6 Å². The van der Waals surface area contributed by atoms with Crippen molar-refractivity contribution in [3.05, 3.63) is 65.7 Å². The molecule has 1 aromatic carbocycles. The van der Waals surface area contributed by atoms with E-state index < -0.39 is 11.7 Å². The Hall–Kier alpha value is -3.03. The van der Waals surface area contributed by atoms with E-state index in [9.17, 15) is 13.2 Å². The van der Waals surface area contributed by atoms with Crippen LogP contribution in [-0.2, 0) is 12.7 Å². The third kappa shape index (κ3) is 4.28. The van der Waals surface area contributed by atoms with E-state index in [4.69, 9.17) is 4.42 Å². The summed E-state index contributed by atoms with van der Waals surface area (Å²) in [7, 11) is 0. The highest BCUT2D eigenvalue weighted by atomic mass is 19.4. The Kier molecular flexibility index (Phi) is 4.60. The van der Waals surface area contributed by atoms with Crippen molar-refractivity contribution in [1.82, 2.24) is 9.97 Å². The average Bonchev–Trinajstić information content (AvgIpc) is 3.05. The van der Waals surface area contributed by atoms with E-state index in [1.165, 1.54) is 18.2 Å². The zero-order chi connectivity index (χ0) is 17.9. The van der Waals surface area contributed by atoms with E-state index in [0.717, 1.165) is 6.07 Å². The van der Waals surface area contributed by atoms with Crippen LogP contribution < -0.4 is 10.6 Å². The van der Waals surface area contributed by atoms with E-state index in [1.807, 2.05) is 0 Å². The number of aromatic nitrogens is 2. The molecule has 2 N–H and O–H groups in total. The molecule has 8 heteroatoms. The van der Waals surface area contributed by atoms with Gasteiger partial charge in [0.2, 0.25) is 5.95 Å². The minimum Gasteiger partial charge on any atom is -0.467 e. The van der Waals surface area contributed by atoms with Crippen LogP contribution in [0.3, 0.4) is 0 Å². The van der Waals surface area contributed by atoms with Gasteiger partial charge < -0.3 is 15.1 Å². The van der Waals surface area contributed by atoms with Crippen molar-refractivity contribution < 1.29 is 17.6 Å². The number of furan rings is 1. The quantitative estimate of drug-likeness (QED) is 0.696. The minimum atomic E-state index is -4.46. The fourth-order valence-corrected chi connectivity index (χ4v) is 2.27. The van der Waals surface area contributed by atoms with Crippen molar-refractivity contribution in [2.45, 2.75) is 19.6 Å². The third-order valence-electron chi connectivity index (χ3n) is 3.36. The van der Waals surface area contributed by atoms with Crippen molar-refractivity contribution in [3.63, 3.8) is 0 Å². The van der Waals surface area contributed by atoms with Crippen LogP contribution in [-0.4, -0.2) is 9.97 Å². The van der Waals surface area contributed by atoms with E-state index in [2.05, 4.69) is 20.6 Å². The maximum absolute atomic E-state index is 13.1. The molecule has 0 atom stereocenters. The van der Waals surface area contributed by atoms with E-state index >= 15 is 0 Å².